The molecule has 190 valence electrons. The van der Waals surface area contributed by atoms with E-state index in [-0.39, 0.29) is 22.7 Å². The van der Waals surface area contributed by atoms with Crippen LogP contribution in [0.2, 0.25) is 0 Å². The van der Waals surface area contributed by atoms with Crippen molar-refractivity contribution in [3.05, 3.63) is 125 Å². The fraction of sp³-hybridized carbons (Fsp3) is 0.294. The molecule has 0 radical (unpaired) electrons. The van der Waals surface area contributed by atoms with Crippen LogP contribution < -0.4 is 0 Å². The van der Waals surface area contributed by atoms with Crippen molar-refractivity contribution < 1.29 is 15.3 Å². The van der Waals surface area contributed by atoms with Gasteiger partial charge < -0.3 is 15.3 Å². The predicted octanol–water partition coefficient (Wildman–Crippen LogP) is 8.04. The highest BCUT2D eigenvalue weighted by molar-refractivity contribution is 5.54. The van der Waals surface area contributed by atoms with Crippen LogP contribution in [0.25, 0.3) is 0 Å². The Balaban J connectivity index is 1.68. The molecule has 4 aromatic carbocycles. The summed E-state index contributed by atoms with van der Waals surface area (Å²) in [6.07, 6.45) is 5.92. The van der Waals surface area contributed by atoms with E-state index in [0.29, 0.717) is 5.92 Å². The number of phenolic OH excluding ortho intramolecular Hbond substituents is 3. The quantitative estimate of drug-likeness (QED) is 0.239. The van der Waals surface area contributed by atoms with Gasteiger partial charge in [0.2, 0.25) is 0 Å². The van der Waals surface area contributed by atoms with Gasteiger partial charge in [-0.15, -0.1) is 0 Å². The standard InChI is InChI=1S/C34H36O3/c1-33(2,25-12-18-30(35)19-13-25)24-8-10-27(11-9-24)34(26-6-4-3-5-7-26,28-14-20-31(36)21-15-28)29-16-22-32(37)23-17-29/h8-23,26,35-37H,3-7H2,1-2H3. The molecule has 3 N–H and O–H groups in total. The van der Waals surface area contributed by atoms with Gasteiger partial charge >= 0.3 is 0 Å². The Bertz CT molecular complexity index is 1270. The summed E-state index contributed by atoms with van der Waals surface area (Å²) in [5.74, 6) is 1.19. The third-order valence-corrected chi connectivity index (χ3v) is 8.51. The number of hydrogen-bond donors (Lipinski definition) is 3. The molecule has 5 rings (SSSR count). The van der Waals surface area contributed by atoms with Crippen LogP contribution in [0.3, 0.4) is 0 Å². The Morgan fingerprint density at radius 1 is 0.459 bits per heavy atom. The summed E-state index contributed by atoms with van der Waals surface area (Å²) in [4.78, 5) is 0. The number of rotatable bonds is 6. The molecule has 0 unspecified atom stereocenters. The molecule has 1 fully saturated rings. The van der Waals surface area contributed by atoms with Crippen LogP contribution in [-0.2, 0) is 10.8 Å². The molecular weight excluding hydrogens is 456 g/mol. The topological polar surface area (TPSA) is 60.7 Å². The predicted molar refractivity (Wildman–Crippen MR) is 149 cm³/mol. The van der Waals surface area contributed by atoms with Crippen LogP contribution in [0.1, 0.15) is 73.8 Å². The summed E-state index contributed by atoms with van der Waals surface area (Å²) in [6.45, 7) is 4.42. The van der Waals surface area contributed by atoms with Crippen LogP contribution in [0, 0.1) is 5.92 Å². The molecule has 0 amide bonds. The second-order valence-corrected chi connectivity index (χ2v) is 11.0. The maximum Gasteiger partial charge on any atom is 0.115 e. The average molecular weight is 493 g/mol. The monoisotopic (exact) mass is 492 g/mol. The van der Waals surface area contributed by atoms with Crippen molar-refractivity contribution in [2.45, 2.75) is 56.8 Å². The zero-order valence-electron chi connectivity index (χ0n) is 21.7. The minimum absolute atomic E-state index is 0.225. The lowest BCUT2D eigenvalue weighted by Gasteiger charge is -2.45. The van der Waals surface area contributed by atoms with Crippen LogP contribution in [0.5, 0.6) is 17.2 Å². The number of aromatic hydroxyl groups is 3. The summed E-state index contributed by atoms with van der Waals surface area (Å²) in [5.41, 5.74) is 5.27. The van der Waals surface area contributed by atoms with Crippen LogP contribution >= 0.6 is 0 Å². The van der Waals surface area contributed by atoms with Gasteiger partial charge in [0, 0.05) is 10.8 Å². The average Bonchev–Trinajstić information content (AvgIpc) is 2.92. The van der Waals surface area contributed by atoms with Gasteiger partial charge in [0.25, 0.3) is 0 Å². The first kappa shape index (κ1) is 25.0. The molecule has 1 aliphatic rings. The minimum Gasteiger partial charge on any atom is -0.508 e. The van der Waals surface area contributed by atoms with Crippen molar-refractivity contribution in [3.8, 4) is 17.2 Å². The molecule has 37 heavy (non-hydrogen) atoms. The maximum absolute atomic E-state index is 10.1. The molecule has 0 atom stereocenters. The van der Waals surface area contributed by atoms with E-state index >= 15 is 0 Å². The van der Waals surface area contributed by atoms with E-state index in [2.05, 4.69) is 62.4 Å². The Morgan fingerprint density at radius 3 is 1.14 bits per heavy atom. The summed E-state index contributed by atoms with van der Waals surface area (Å²) >= 11 is 0. The zero-order valence-corrected chi connectivity index (χ0v) is 21.7. The fourth-order valence-electron chi connectivity index (χ4n) is 6.39. The number of phenols is 3. The molecule has 1 aliphatic carbocycles. The van der Waals surface area contributed by atoms with E-state index in [1.165, 1.54) is 30.4 Å². The number of benzene rings is 4. The first-order valence-electron chi connectivity index (χ1n) is 13.3. The smallest absolute Gasteiger partial charge is 0.115 e. The highest BCUT2D eigenvalue weighted by Crippen LogP contribution is 2.51. The van der Waals surface area contributed by atoms with Crippen molar-refractivity contribution in [2.75, 3.05) is 0 Å². The van der Waals surface area contributed by atoms with Gasteiger partial charge in [-0.3, -0.25) is 0 Å². The SMILES string of the molecule is CC(C)(c1ccc(O)cc1)c1ccc(C(c2ccc(O)cc2)(c2ccc(O)cc2)C2CCCCC2)cc1. The maximum atomic E-state index is 10.1. The summed E-state index contributed by atoms with van der Waals surface area (Å²) in [5, 5.41) is 30.0. The van der Waals surface area contributed by atoms with Gasteiger partial charge in [-0.2, -0.15) is 0 Å². The first-order valence-corrected chi connectivity index (χ1v) is 13.3. The minimum atomic E-state index is -0.400. The van der Waals surface area contributed by atoms with Gasteiger partial charge in [0.1, 0.15) is 17.2 Å². The largest absolute Gasteiger partial charge is 0.508 e. The molecule has 0 saturated heterocycles. The van der Waals surface area contributed by atoms with E-state index in [4.69, 9.17) is 0 Å². The van der Waals surface area contributed by atoms with Crippen LogP contribution in [-0.4, -0.2) is 15.3 Å². The van der Waals surface area contributed by atoms with Gasteiger partial charge in [-0.1, -0.05) is 93.8 Å². The van der Waals surface area contributed by atoms with Crippen molar-refractivity contribution in [2.24, 2.45) is 5.92 Å². The van der Waals surface area contributed by atoms with Crippen LogP contribution in [0.15, 0.2) is 97.1 Å². The fourth-order valence-corrected chi connectivity index (χ4v) is 6.39. The Morgan fingerprint density at radius 2 is 0.757 bits per heavy atom. The summed E-state index contributed by atoms with van der Waals surface area (Å²) in [6, 6.07) is 31.9. The second kappa shape index (κ2) is 9.97. The molecule has 0 aliphatic heterocycles. The Kier molecular flexibility index (Phi) is 6.72. The van der Waals surface area contributed by atoms with Crippen molar-refractivity contribution in [3.63, 3.8) is 0 Å². The molecule has 4 aromatic rings. The van der Waals surface area contributed by atoms with E-state index in [0.717, 1.165) is 29.5 Å². The first-order chi connectivity index (χ1) is 17.8. The normalized spacial score (nSPS) is 15.0. The summed E-state index contributed by atoms with van der Waals surface area (Å²) < 4.78 is 0. The van der Waals surface area contributed by atoms with Crippen LogP contribution in [0.4, 0.5) is 0 Å². The lowest BCUT2D eigenvalue weighted by molar-refractivity contribution is 0.270. The Hall–Kier alpha value is -3.72. The van der Waals surface area contributed by atoms with E-state index < -0.39 is 5.41 Å². The van der Waals surface area contributed by atoms with Crippen molar-refractivity contribution in [1.82, 2.24) is 0 Å². The molecule has 0 heterocycles. The van der Waals surface area contributed by atoms with Gasteiger partial charge in [0.05, 0.1) is 0 Å². The third kappa shape index (κ3) is 4.59. The van der Waals surface area contributed by atoms with Gasteiger partial charge in [-0.25, -0.2) is 0 Å². The molecule has 0 aromatic heterocycles. The molecule has 0 bridgehead atoms. The lowest BCUT2D eigenvalue weighted by Crippen LogP contribution is -2.39. The van der Waals surface area contributed by atoms with Gasteiger partial charge in [0.15, 0.2) is 0 Å². The molecule has 0 spiro atoms. The van der Waals surface area contributed by atoms with E-state index in [1.807, 2.05) is 12.1 Å². The van der Waals surface area contributed by atoms with E-state index in [1.54, 1.807) is 36.4 Å². The Labute approximate surface area is 220 Å². The molecular formula is C34H36O3. The lowest BCUT2D eigenvalue weighted by atomic mass is 9.58. The van der Waals surface area contributed by atoms with Crippen molar-refractivity contribution in [1.29, 1.82) is 0 Å². The number of hydrogen-bond acceptors (Lipinski definition) is 3. The molecule has 3 heteroatoms. The van der Waals surface area contributed by atoms with Gasteiger partial charge in [-0.05, 0) is 83.0 Å². The highest BCUT2D eigenvalue weighted by Gasteiger charge is 2.44. The molecule has 3 nitrogen and oxygen atoms in total. The summed E-state index contributed by atoms with van der Waals surface area (Å²) in [7, 11) is 0. The molecule has 1 saturated carbocycles. The third-order valence-electron chi connectivity index (χ3n) is 8.51. The second-order valence-electron chi connectivity index (χ2n) is 11.0. The van der Waals surface area contributed by atoms with E-state index in [9.17, 15) is 15.3 Å². The van der Waals surface area contributed by atoms with Crippen molar-refractivity contribution >= 4 is 0 Å². The highest BCUT2D eigenvalue weighted by atomic mass is 16.3. The zero-order chi connectivity index (χ0) is 26.0.